The fraction of sp³-hybridized carbons (Fsp3) is 0.333. The molecule has 0 atom stereocenters. The summed E-state index contributed by atoms with van der Waals surface area (Å²) in [5, 5.41) is 3.35. The molecule has 1 N–H and O–H groups in total. The summed E-state index contributed by atoms with van der Waals surface area (Å²) in [7, 11) is 0. The second kappa shape index (κ2) is 7.97. The van der Waals surface area contributed by atoms with E-state index in [1.165, 1.54) is 11.3 Å². The minimum Gasteiger partial charge on any atom is -0.483 e. The number of rotatable bonds is 6. The van der Waals surface area contributed by atoms with Crippen molar-refractivity contribution >= 4 is 28.2 Å². The van der Waals surface area contributed by atoms with Crippen LogP contribution in [0, 0.1) is 20.8 Å². The minimum absolute atomic E-state index is 0.0877. The minimum atomic E-state index is -0.368. The molecule has 24 heavy (non-hydrogen) atoms. The molecular weight excluding hydrogens is 326 g/mol. The third-order valence-corrected chi connectivity index (χ3v) is 4.46. The van der Waals surface area contributed by atoms with Crippen molar-refractivity contribution in [2.24, 2.45) is 0 Å². The van der Waals surface area contributed by atoms with Crippen LogP contribution in [-0.4, -0.2) is 25.1 Å². The van der Waals surface area contributed by atoms with Gasteiger partial charge in [0.15, 0.2) is 6.61 Å². The van der Waals surface area contributed by atoms with Gasteiger partial charge in [-0.1, -0.05) is 17.7 Å². The summed E-state index contributed by atoms with van der Waals surface area (Å²) in [6.07, 6.45) is 0. The van der Waals surface area contributed by atoms with Crippen molar-refractivity contribution in [1.29, 1.82) is 0 Å². The van der Waals surface area contributed by atoms with Crippen LogP contribution in [-0.2, 0) is 9.53 Å². The molecule has 0 aliphatic rings. The van der Waals surface area contributed by atoms with E-state index in [0.717, 1.165) is 16.7 Å². The van der Waals surface area contributed by atoms with Crippen LogP contribution in [0.2, 0.25) is 0 Å². The number of hydrogen-bond acceptors (Lipinski definition) is 5. The molecule has 0 radical (unpaired) electrons. The van der Waals surface area contributed by atoms with Crippen LogP contribution in [0.25, 0.3) is 0 Å². The Balaban J connectivity index is 1.95. The average molecular weight is 347 g/mol. The summed E-state index contributed by atoms with van der Waals surface area (Å²) in [4.78, 5) is 24.3. The zero-order valence-corrected chi connectivity index (χ0v) is 15.1. The van der Waals surface area contributed by atoms with Crippen molar-refractivity contribution in [2.75, 3.05) is 18.5 Å². The largest absolute Gasteiger partial charge is 0.483 e. The summed E-state index contributed by atoms with van der Waals surface area (Å²) in [5.74, 6) is 0.0454. The Hall–Kier alpha value is -2.34. The predicted octanol–water partition coefficient (Wildman–Crippen LogP) is 3.87. The number of ether oxygens (including phenoxy) is 2. The monoisotopic (exact) mass is 347 g/mol. The first kappa shape index (κ1) is 18.0. The third-order valence-electron chi connectivity index (χ3n) is 3.33. The molecule has 0 unspecified atom stereocenters. The smallest absolute Gasteiger partial charge is 0.348 e. The first-order valence-corrected chi connectivity index (χ1v) is 8.49. The SMILES string of the molecule is CCOC(=O)c1sc(NC(=O)COc2ccc(C)cc2C)cc1C. The van der Waals surface area contributed by atoms with Gasteiger partial charge < -0.3 is 14.8 Å². The molecule has 0 saturated carbocycles. The van der Waals surface area contributed by atoms with E-state index in [1.54, 1.807) is 13.0 Å². The Kier molecular flexibility index (Phi) is 5.98. The molecule has 6 heteroatoms. The van der Waals surface area contributed by atoms with Crippen molar-refractivity contribution in [3.8, 4) is 5.75 Å². The number of hydrogen-bond donors (Lipinski definition) is 1. The number of carbonyl (C=O) groups is 2. The number of thiophene rings is 1. The van der Waals surface area contributed by atoms with Crippen LogP contribution < -0.4 is 10.1 Å². The lowest BCUT2D eigenvalue weighted by Crippen LogP contribution is -2.19. The van der Waals surface area contributed by atoms with Gasteiger partial charge in [0.25, 0.3) is 5.91 Å². The Morgan fingerprint density at radius 1 is 1.12 bits per heavy atom. The van der Waals surface area contributed by atoms with E-state index in [4.69, 9.17) is 9.47 Å². The highest BCUT2D eigenvalue weighted by Crippen LogP contribution is 2.27. The number of aryl methyl sites for hydroxylation is 3. The predicted molar refractivity (Wildman–Crippen MR) is 95.1 cm³/mol. The maximum atomic E-state index is 12.0. The van der Waals surface area contributed by atoms with Crippen LogP contribution in [0.1, 0.15) is 33.3 Å². The molecule has 1 heterocycles. The van der Waals surface area contributed by atoms with Crippen LogP contribution >= 0.6 is 11.3 Å². The summed E-state index contributed by atoms with van der Waals surface area (Å²) in [5.41, 5.74) is 2.91. The fourth-order valence-electron chi connectivity index (χ4n) is 2.22. The summed E-state index contributed by atoms with van der Waals surface area (Å²) in [6, 6.07) is 7.55. The molecular formula is C18H21NO4S. The van der Waals surface area contributed by atoms with E-state index in [9.17, 15) is 9.59 Å². The summed E-state index contributed by atoms with van der Waals surface area (Å²) >= 11 is 1.20. The molecule has 1 aromatic heterocycles. The number of anilines is 1. The zero-order valence-electron chi connectivity index (χ0n) is 14.3. The van der Waals surface area contributed by atoms with E-state index < -0.39 is 0 Å². The van der Waals surface area contributed by atoms with E-state index in [1.807, 2.05) is 39.0 Å². The number of amides is 1. The van der Waals surface area contributed by atoms with E-state index in [0.29, 0.717) is 22.2 Å². The van der Waals surface area contributed by atoms with Gasteiger partial charge in [0, 0.05) is 0 Å². The second-order valence-electron chi connectivity index (χ2n) is 5.45. The number of carbonyl (C=O) groups excluding carboxylic acids is 2. The number of nitrogens with one attached hydrogen (secondary N) is 1. The van der Waals surface area contributed by atoms with Crippen molar-refractivity contribution in [2.45, 2.75) is 27.7 Å². The van der Waals surface area contributed by atoms with Gasteiger partial charge in [0.1, 0.15) is 10.6 Å². The average Bonchev–Trinajstić information content (AvgIpc) is 2.87. The summed E-state index contributed by atoms with van der Waals surface area (Å²) < 4.78 is 10.5. The molecule has 0 spiro atoms. The van der Waals surface area contributed by atoms with Gasteiger partial charge >= 0.3 is 5.97 Å². The quantitative estimate of drug-likeness (QED) is 0.806. The molecule has 0 aliphatic heterocycles. The first-order chi connectivity index (χ1) is 11.4. The third kappa shape index (κ3) is 4.58. The standard InChI is InChI=1S/C18H21NO4S/c1-5-22-18(21)17-13(4)9-16(24-17)19-15(20)10-23-14-7-6-11(2)8-12(14)3/h6-9H,5,10H2,1-4H3,(H,19,20). The Bertz CT molecular complexity index is 751. The first-order valence-electron chi connectivity index (χ1n) is 7.68. The molecule has 1 aromatic carbocycles. The van der Waals surface area contributed by atoms with Gasteiger partial charge in [-0.2, -0.15) is 0 Å². The highest BCUT2D eigenvalue weighted by molar-refractivity contribution is 7.18. The van der Waals surface area contributed by atoms with Crippen molar-refractivity contribution < 1.29 is 19.1 Å². The fourth-order valence-corrected chi connectivity index (χ4v) is 3.20. The van der Waals surface area contributed by atoms with Crippen molar-refractivity contribution in [3.05, 3.63) is 45.8 Å². The molecule has 0 saturated heterocycles. The lowest BCUT2D eigenvalue weighted by atomic mass is 10.1. The van der Waals surface area contributed by atoms with Gasteiger partial charge in [-0.3, -0.25) is 4.79 Å². The van der Waals surface area contributed by atoms with Gasteiger partial charge in [0.05, 0.1) is 11.6 Å². The molecule has 2 rings (SSSR count). The van der Waals surface area contributed by atoms with E-state index in [2.05, 4.69) is 5.32 Å². The van der Waals surface area contributed by atoms with Crippen molar-refractivity contribution in [1.82, 2.24) is 0 Å². The normalized spacial score (nSPS) is 10.3. The van der Waals surface area contributed by atoms with Crippen molar-refractivity contribution in [3.63, 3.8) is 0 Å². The van der Waals surface area contributed by atoms with Crippen LogP contribution in [0.15, 0.2) is 24.3 Å². The number of benzene rings is 1. The summed E-state index contributed by atoms with van der Waals surface area (Å²) in [6.45, 7) is 7.74. The number of esters is 1. The van der Waals surface area contributed by atoms with Crippen LogP contribution in [0.5, 0.6) is 5.75 Å². The second-order valence-corrected chi connectivity index (χ2v) is 6.50. The topological polar surface area (TPSA) is 64.6 Å². The lowest BCUT2D eigenvalue weighted by Gasteiger charge is -2.09. The van der Waals surface area contributed by atoms with Gasteiger partial charge in [-0.25, -0.2) is 4.79 Å². The maximum absolute atomic E-state index is 12.0. The highest BCUT2D eigenvalue weighted by atomic mass is 32.1. The van der Waals surface area contributed by atoms with Gasteiger partial charge in [-0.05, 0) is 51.0 Å². The van der Waals surface area contributed by atoms with Crippen LogP contribution in [0.3, 0.4) is 0 Å². The van der Waals surface area contributed by atoms with Gasteiger partial charge in [-0.15, -0.1) is 11.3 Å². The Labute approximate surface area is 145 Å². The highest BCUT2D eigenvalue weighted by Gasteiger charge is 2.16. The molecule has 2 aromatic rings. The van der Waals surface area contributed by atoms with E-state index in [-0.39, 0.29) is 18.5 Å². The van der Waals surface area contributed by atoms with E-state index >= 15 is 0 Å². The molecule has 128 valence electrons. The molecule has 0 bridgehead atoms. The maximum Gasteiger partial charge on any atom is 0.348 e. The molecule has 1 amide bonds. The molecule has 5 nitrogen and oxygen atoms in total. The Morgan fingerprint density at radius 2 is 1.88 bits per heavy atom. The lowest BCUT2D eigenvalue weighted by molar-refractivity contribution is -0.118. The van der Waals surface area contributed by atoms with Crippen LogP contribution in [0.4, 0.5) is 5.00 Å². The van der Waals surface area contributed by atoms with Gasteiger partial charge in [0.2, 0.25) is 0 Å². The zero-order chi connectivity index (χ0) is 17.7. The molecule has 0 fully saturated rings. The Morgan fingerprint density at radius 3 is 2.54 bits per heavy atom. The molecule has 0 aliphatic carbocycles.